The van der Waals surface area contributed by atoms with Crippen molar-refractivity contribution < 1.29 is 4.79 Å². The summed E-state index contributed by atoms with van der Waals surface area (Å²) >= 11 is 0. The fraction of sp³-hybridized carbons (Fsp3) is 0.458. The largest absolute Gasteiger partial charge is 0.300 e. The average molecular weight is 435 g/mol. The van der Waals surface area contributed by atoms with Gasteiger partial charge in [-0.25, -0.2) is 0 Å². The lowest BCUT2D eigenvalue weighted by atomic mass is 9.89. The molecule has 0 N–H and O–H groups in total. The van der Waals surface area contributed by atoms with E-state index < -0.39 is 0 Å². The van der Waals surface area contributed by atoms with Crippen LogP contribution in [0.15, 0.2) is 48.5 Å². The Balaban J connectivity index is 0.00000150. The van der Waals surface area contributed by atoms with Gasteiger partial charge in [-0.15, -0.1) is 24.8 Å². The normalized spacial score (nSPS) is 17.0. The second-order valence-electron chi connectivity index (χ2n) is 7.97. The quantitative estimate of drug-likeness (QED) is 0.609. The maximum Gasteiger partial charge on any atom is 0.164 e. The van der Waals surface area contributed by atoms with Crippen LogP contribution in [0.2, 0.25) is 0 Å². The first-order chi connectivity index (χ1) is 13.3. The molecule has 0 aromatic heterocycles. The van der Waals surface area contributed by atoms with Gasteiger partial charge in [0.1, 0.15) is 0 Å². The van der Waals surface area contributed by atoms with Crippen LogP contribution in [0.1, 0.15) is 46.3 Å². The van der Waals surface area contributed by atoms with Crippen LogP contribution >= 0.6 is 24.8 Å². The molecule has 5 heteroatoms. The molecule has 1 aliphatic heterocycles. The van der Waals surface area contributed by atoms with E-state index in [2.05, 4.69) is 52.3 Å². The van der Waals surface area contributed by atoms with Gasteiger partial charge in [-0.1, -0.05) is 42.5 Å². The summed E-state index contributed by atoms with van der Waals surface area (Å²) in [6.07, 6.45) is 5.50. The third-order valence-corrected chi connectivity index (χ3v) is 6.04. The van der Waals surface area contributed by atoms with Crippen LogP contribution in [0, 0.1) is 0 Å². The van der Waals surface area contributed by atoms with Crippen molar-refractivity contribution in [2.75, 3.05) is 32.7 Å². The Morgan fingerprint density at radius 1 is 0.793 bits per heavy atom. The fourth-order valence-electron chi connectivity index (χ4n) is 4.32. The van der Waals surface area contributed by atoms with Crippen LogP contribution < -0.4 is 0 Å². The Hall–Kier alpha value is -1.39. The first kappa shape index (κ1) is 23.9. The molecule has 1 saturated heterocycles. The summed E-state index contributed by atoms with van der Waals surface area (Å²) in [5.41, 5.74) is 5.15. The molecule has 2 aliphatic rings. The zero-order valence-electron chi connectivity index (χ0n) is 17.0. The van der Waals surface area contributed by atoms with Crippen molar-refractivity contribution in [3.05, 3.63) is 70.8 Å². The molecule has 158 valence electrons. The number of aryl methyl sites for hydroxylation is 2. The van der Waals surface area contributed by atoms with E-state index in [1.807, 2.05) is 6.07 Å². The minimum absolute atomic E-state index is 0. The predicted octanol–water partition coefficient (Wildman–Crippen LogP) is 4.80. The zero-order valence-corrected chi connectivity index (χ0v) is 18.6. The summed E-state index contributed by atoms with van der Waals surface area (Å²) < 4.78 is 0. The van der Waals surface area contributed by atoms with Gasteiger partial charge >= 0.3 is 0 Å². The maximum absolute atomic E-state index is 12.6. The third kappa shape index (κ3) is 6.55. The molecule has 2 aromatic carbocycles. The molecule has 0 amide bonds. The number of nitrogens with zero attached hydrogens (tertiary/aromatic N) is 2. The average Bonchev–Trinajstić information content (AvgIpc) is 2.73. The lowest BCUT2D eigenvalue weighted by Crippen LogP contribution is -2.46. The summed E-state index contributed by atoms with van der Waals surface area (Å²) in [7, 11) is 0. The van der Waals surface area contributed by atoms with E-state index in [1.165, 1.54) is 36.0 Å². The maximum atomic E-state index is 12.6. The van der Waals surface area contributed by atoms with E-state index in [0.29, 0.717) is 12.2 Å². The number of benzene rings is 2. The van der Waals surface area contributed by atoms with E-state index in [-0.39, 0.29) is 24.8 Å². The second kappa shape index (κ2) is 11.7. The van der Waals surface area contributed by atoms with Crippen molar-refractivity contribution in [1.29, 1.82) is 0 Å². The van der Waals surface area contributed by atoms with E-state index in [1.54, 1.807) is 0 Å². The number of carbonyl (C=O) groups excluding carboxylic acids is 1. The van der Waals surface area contributed by atoms with Crippen LogP contribution in [0.5, 0.6) is 0 Å². The number of fused-ring (bicyclic) bond motifs is 1. The van der Waals surface area contributed by atoms with Crippen LogP contribution in [-0.4, -0.2) is 48.3 Å². The number of ketones is 1. The predicted molar refractivity (Wildman–Crippen MR) is 125 cm³/mol. The minimum Gasteiger partial charge on any atom is -0.300 e. The third-order valence-electron chi connectivity index (χ3n) is 6.04. The molecule has 0 bridgehead atoms. The molecule has 1 fully saturated rings. The van der Waals surface area contributed by atoms with Crippen LogP contribution in [0.4, 0.5) is 0 Å². The molecule has 2 aromatic rings. The lowest BCUT2D eigenvalue weighted by molar-refractivity contribution is 0.0922. The Labute approximate surface area is 187 Å². The summed E-state index contributed by atoms with van der Waals surface area (Å²) in [4.78, 5) is 17.6. The number of piperazine rings is 1. The van der Waals surface area contributed by atoms with E-state index in [4.69, 9.17) is 0 Å². The van der Waals surface area contributed by atoms with Crippen molar-refractivity contribution in [3.8, 4) is 0 Å². The molecule has 0 unspecified atom stereocenters. The number of hydrogen-bond acceptors (Lipinski definition) is 3. The lowest BCUT2D eigenvalue weighted by Gasteiger charge is -2.34. The fourth-order valence-corrected chi connectivity index (χ4v) is 4.32. The second-order valence-corrected chi connectivity index (χ2v) is 7.97. The SMILES string of the molecule is Cl.Cl.O=C(CCN1CCN(Cc2ccccc2)CC1)c1ccc2c(c1)CCCC2. The van der Waals surface area contributed by atoms with Gasteiger partial charge in [0.25, 0.3) is 0 Å². The highest BCUT2D eigenvalue weighted by Gasteiger charge is 2.18. The van der Waals surface area contributed by atoms with Crippen molar-refractivity contribution in [2.45, 2.75) is 38.6 Å². The van der Waals surface area contributed by atoms with E-state index in [0.717, 1.165) is 51.3 Å². The number of Topliss-reactive ketones (excluding diaryl/α,β-unsaturated/α-hetero) is 1. The highest BCUT2D eigenvalue weighted by Crippen LogP contribution is 2.23. The van der Waals surface area contributed by atoms with Crippen LogP contribution in [-0.2, 0) is 19.4 Å². The molecule has 0 spiro atoms. The van der Waals surface area contributed by atoms with Crippen LogP contribution in [0.3, 0.4) is 0 Å². The molecule has 4 rings (SSSR count). The van der Waals surface area contributed by atoms with E-state index in [9.17, 15) is 4.79 Å². The van der Waals surface area contributed by atoms with Crippen molar-refractivity contribution in [3.63, 3.8) is 0 Å². The molecular formula is C24H32Cl2N2O. The smallest absolute Gasteiger partial charge is 0.164 e. The van der Waals surface area contributed by atoms with Gasteiger partial charge in [-0.3, -0.25) is 9.69 Å². The summed E-state index contributed by atoms with van der Waals surface area (Å²) in [6, 6.07) is 17.1. The molecule has 0 atom stereocenters. The molecule has 0 radical (unpaired) electrons. The first-order valence-electron chi connectivity index (χ1n) is 10.4. The Morgan fingerprint density at radius 2 is 1.45 bits per heavy atom. The highest BCUT2D eigenvalue weighted by atomic mass is 35.5. The Bertz CT molecular complexity index is 774. The van der Waals surface area contributed by atoms with Gasteiger partial charge < -0.3 is 4.90 Å². The van der Waals surface area contributed by atoms with Crippen LogP contribution in [0.25, 0.3) is 0 Å². The van der Waals surface area contributed by atoms with Crippen molar-refractivity contribution in [1.82, 2.24) is 9.80 Å². The summed E-state index contributed by atoms with van der Waals surface area (Å²) in [5, 5.41) is 0. The van der Waals surface area contributed by atoms with Gasteiger partial charge in [-0.2, -0.15) is 0 Å². The first-order valence-corrected chi connectivity index (χ1v) is 10.4. The number of halogens is 2. The monoisotopic (exact) mass is 434 g/mol. The standard InChI is InChI=1S/C24H30N2O.2ClH/c27-24(23-11-10-21-8-4-5-9-22(21)18-23)12-13-25-14-16-26(17-15-25)19-20-6-2-1-3-7-20;;/h1-3,6-7,10-11,18H,4-5,8-9,12-17,19H2;2*1H. The van der Waals surface area contributed by atoms with Gasteiger partial charge in [0, 0.05) is 51.3 Å². The minimum atomic E-state index is 0. The molecular weight excluding hydrogens is 403 g/mol. The molecule has 3 nitrogen and oxygen atoms in total. The number of carbonyl (C=O) groups is 1. The molecule has 1 heterocycles. The molecule has 0 saturated carbocycles. The van der Waals surface area contributed by atoms with Gasteiger partial charge in [0.05, 0.1) is 0 Å². The van der Waals surface area contributed by atoms with Gasteiger partial charge in [0.15, 0.2) is 5.78 Å². The molecule has 1 aliphatic carbocycles. The topological polar surface area (TPSA) is 23.6 Å². The highest BCUT2D eigenvalue weighted by molar-refractivity contribution is 5.96. The Morgan fingerprint density at radius 3 is 2.17 bits per heavy atom. The summed E-state index contributed by atoms with van der Waals surface area (Å²) in [5.74, 6) is 0.301. The van der Waals surface area contributed by atoms with Gasteiger partial charge in [-0.05, 0) is 48.4 Å². The zero-order chi connectivity index (χ0) is 18.5. The summed E-state index contributed by atoms with van der Waals surface area (Å²) in [6.45, 7) is 6.20. The molecule has 29 heavy (non-hydrogen) atoms. The van der Waals surface area contributed by atoms with Crippen molar-refractivity contribution in [2.24, 2.45) is 0 Å². The van der Waals surface area contributed by atoms with E-state index >= 15 is 0 Å². The van der Waals surface area contributed by atoms with Gasteiger partial charge in [0.2, 0.25) is 0 Å². The number of hydrogen-bond donors (Lipinski definition) is 0. The van der Waals surface area contributed by atoms with Crippen molar-refractivity contribution >= 4 is 30.6 Å². The Kier molecular flexibility index (Phi) is 9.64. The number of rotatable bonds is 6.